The molecule has 1 atom stereocenters. The molecule has 0 aliphatic carbocycles. The van der Waals surface area contributed by atoms with Crippen molar-refractivity contribution in [2.75, 3.05) is 26.7 Å². The predicted octanol–water partition coefficient (Wildman–Crippen LogP) is 1.83. The number of halogens is 1. The van der Waals surface area contributed by atoms with Gasteiger partial charge in [-0.2, -0.15) is 0 Å². The van der Waals surface area contributed by atoms with Crippen LogP contribution in [-0.4, -0.2) is 54.3 Å². The van der Waals surface area contributed by atoms with Gasteiger partial charge in [-0.3, -0.25) is 14.5 Å². The first-order valence-corrected chi connectivity index (χ1v) is 9.03. The van der Waals surface area contributed by atoms with Crippen LogP contribution in [-0.2, 0) is 22.6 Å². The summed E-state index contributed by atoms with van der Waals surface area (Å²) in [6, 6.07) is 16.1. The van der Waals surface area contributed by atoms with Crippen molar-refractivity contribution in [1.29, 1.82) is 0 Å². The number of rotatable bonds is 6. The Morgan fingerprint density at radius 3 is 2.56 bits per heavy atom. The van der Waals surface area contributed by atoms with Crippen LogP contribution in [0.25, 0.3) is 0 Å². The van der Waals surface area contributed by atoms with Gasteiger partial charge < -0.3 is 10.2 Å². The molecule has 1 aliphatic rings. The summed E-state index contributed by atoms with van der Waals surface area (Å²) in [6.07, 6.45) is 0.696. The van der Waals surface area contributed by atoms with Gasteiger partial charge in [0.1, 0.15) is 5.82 Å². The molecule has 2 aromatic rings. The zero-order chi connectivity index (χ0) is 19.2. The fourth-order valence-corrected chi connectivity index (χ4v) is 3.32. The minimum atomic E-state index is -0.277. The minimum absolute atomic E-state index is 0.0764. The highest BCUT2D eigenvalue weighted by molar-refractivity contribution is 5.87. The van der Waals surface area contributed by atoms with Gasteiger partial charge in [0.05, 0.1) is 19.1 Å². The summed E-state index contributed by atoms with van der Waals surface area (Å²) >= 11 is 0. The molecule has 0 spiro atoms. The summed E-state index contributed by atoms with van der Waals surface area (Å²) < 4.78 is 13.0. The molecule has 1 N–H and O–H groups in total. The minimum Gasteiger partial charge on any atom is -0.350 e. The topological polar surface area (TPSA) is 52.7 Å². The fourth-order valence-electron chi connectivity index (χ4n) is 3.32. The van der Waals surface area contributed by atoms with E-state index in [-0.39, 0.29) is 36.8 Å². The third-order valence-corrected chi connectivity index (χ3v) is 4.59. The number of nitrogens with zero attached hydrogens (tertiary/aromatic N) is 2. The maximum absolute atomic E-state index is 13.0. The number of likely N-dealkylation sites (N-methyl/N-ethyl adjacent to an activating group) is 1. The Kier molecular flexibility index (Phi) is 6.19. The van der Waals surface area contributed by atoms with E-state index < -0.39 is 0 Å². The van der Waals surface area contributed by atoms with Crippen LogP contribution in [0.5, 0.6) is 0 Å². The van der Waals surface area contributed by atoms with Crippen molar-refractivity contribution in [1.82, 2.24) is 15.1 Å². The Bertz CT molecular complexity index is 780. The number of carbonyl (C=O) groups excluding carboxylic acids is 2. The zero-order valence-electron chi connectivity index (χ0n) is 15.4. The monoisotopic (exact) mass is 369 g/mol. The summed E-state index contributed by atoms with van der Waals surface area (Å²) in [6.45, 7) is 1.35. The molecular weight excluding hydrogens is 345 g/mol. The lowest BCUT2D eigenvalue weighted by molar-refractivity contribution is -0.140. The Hall–Kier alpha value is -2.73. The first-order valence-electron chi connectivity index (χ1n) is 9.03. The van der Waals surface area contributed by atoms with Gasteiger partial charge >= 0.3 is 0 Å². The van der Waals surface area contributed by atoms with Crippen molar-refractivity contribution in [2.45, 2.75) is 19.0 Å². The van der Waals surface area contributed by atoms with Gasteiger partial charge in [0.25, 0.3) is 0 Å². The van der Waals surface area contributed by atoms with Crippen molar-refractivity contribution in [3.8, 4) is 0 Å². The molecular formula is C21H24FN3O2. The van der Waals surface area contributed by atoms with Gasteiger partial charge in [0.15, 0.2) is 0 Å². The molecule has 1 heterocycles. The first kappa shape index (κ1) is 19.0. The maximum atomic E-state index is 13.0. The number of amides is 2. The fraction of sp³-hybridized carbons (Fsp3) is 0.333. The smallest absolute Gasteiger partial charge is 0.239 e. The highest BCUT2D eigenvalue weighted by Gasteiger charge is 2.28. The second-order valence-corrected chi connectivity index (χ2v) is 7.03. The van der Waals surface area contributed by atoms with Crippen LogP contribution in [0.2, 0.25) is 0 Å². The highest BCUT2D eigenvalue weighted by atomic mass is 19.1. The van der Waals surface area contributed by atoms with Gasteiger partial charge in [0, 0.05) is 13.1 Å². The predicted molar refractivity (Wildman–Crippen MR) is 101 cm³/mol. The van der Waals surface area contributed by atoms with E-state index in [2.05, 4.69) is 5.32 Å². The summed E-state index contributed by atoms with van der Waals surface area (Å²) in [5.74, 6) is -0.481. The number of carbonyl (C=O) groups is 2. The lowest BCUT2D eigenvalue weighted by Crippen LogP contribution is -2.57. The number of benzene rings is 2. The number of hydrogen-bond donors (Lipinski definition) is 1. The molecule has 2 amide bonds. The van der Waals surface area contributed by atoms with Crippen LogP contribution in [0.3, 0.4) is 0 Å². The lowest BCUT2D eigenvalue weighted by atomic mass is 10.0. The van der Waals surface area contributed by atoms with Gasteiger partial charge in [-0.05, 0) is 36.7 Å². The molecule has 1 aliphatic heterocycles. The SMILES string of the molecule is CN(CC(=O)N1CC(=O)N[C@@H](Cc2ccccc2)C1)Cc1ccc(F)cc1. The number of piperazine rings is 1. The van der Waals surface area contributed by atoms with Gasteiger partial charge in [0.2, 0.25) is 11.8 Å². The Morgan fingerprint density at radius 2 is 1.85 bits per heavy atom. The normalized spacial score (nSPS) is 17.1. The molecule has 27 heavy (non-hydrogen) atoms. The summed E-state index contributed by atoms with van der Waals surface area (Å²) in [5, 5.41) is 2.97. The Balaban J connectivity index is 1.54. The average Bonchev–Trinajstić information content (AvgIpc) is 2.64. The molecule has 0 unspecified atom stereocenters. The van der Waals surface area contributed by atoms with E-state index >= 15 is 0 Å². The number of nitrogens with one attached hydrogen (secondary N) is 1. The van der Waals surface area contributed by atoms with Crippen molar-refractivity contribution in [3.63, 3.8) is 0 Å². The van der Waals surface area contributed by atoms with E-state index in [1.165, 1.54) is 12.1 Å². The standard InChI is InChI=1S/C21H24FN3O2/c1-24(12-17-7-9-18(22)10-8-17)15-21(27)25-13-19(23-20(26)14-25)11-16-5-3-2-4-6-16/h2-10,19H,11-15H2,1H3,(H,23,26)/t19-/m0/s1. The van der Waals surface area contributed by atoms with Crippen molar-refractivity contribution >= 4 is 11.8 Å². The zero-order valence-corrected chi connectivity index (χ0v) is 15.4. The molecule has 0 aromatic heterocycles. The second-order valence-electron chi connectivity index (χ2n) is 7.03. The van der Waals surface area contributed by atoms with E-state index in [0.29, 0.717) is 19.5 Å². The summed E-state index contributed by atoms with van der Waals surface area (Å²) in [7, 11) is 1.84. The summed E-state index contributed by atoms with van der Waals surface area (Å²) in [4.78, 5) is 28.2. The summed E-state index contributed by atoms with van der Waals surface area (Å²) in [5.41, 5.74) is 2.07. The second kappa shape index (κ2) is 8.77. The third kappa shape index (κ3) is 5.62. The molecule has 0 saturated carbocycles. The largest absolute Gasteiger partial charge is 0.350 e. The molecule has 6 heteroatoms. The maximum Gasteiger partial charge on any atom is 0.239 e. The Morgan fingerprint density at radius 1 is 1.15 bits per heavy atom. The van der Waals surface area contributed by atoms with E-state index in [1.807, 2.05) is 42.3 Å². The Labute approximate surface area is 158 Å². The number of hydrogen-bond acceptors (Lipinski definition) is 3. The van der Waals surface area contributed by atoms with Crippen LogP contribution < -0.4 is 5.32 Å². The molecule has 0 radical (unpaired) electrons. The first-order chi connectivity index (χ1) is 13.0. The highest BCUT2D eigenvalue weighted by Crippen LogP contribution is 2.10. The molecule has 142 valence electrons. The van der Waals surface area contributed by atoms with Crippen molar-refractivity contribution < 1.29 is 14.0 Å². The molecule has 1 fully saturated rings. The van der Waals surface area contributed by atoms with E-state index in [9.17, 15) is 14.0 Å². The van der Waals surface area contributed by atoms with E-state index in [4.69, 9.17) is 0 Å². The van der Waals surface area contributed by atoms with Crippen molar-refractivity contribution in [2.24, 2.45) is 0 Å². The van der Waals surface area contributed by atoms with Crippen molar-refractivity contribution in [3.05, 3.63) is 71.5 Å². The van der Waals surface area contributed by atoms with Gasteiger partial charge in [-0.25, -0.2) is 4.39 Å². The quantitative estimate of drug-likeness (QED) is 0.845. The van der Waals surface area contributed by atoms with Crippen LogP contribution in [0.15, 0.2) is 54.6 Å². The van der Waals surface area contributed by atoms with Crippen LogP contribution in [0, 0.1) is 5.82 Å². The van der Waals surface area contributed by atoms with E-state index in [0.717, 1.165) is 11.1 Å². The molecule has 3 rings (SSSR count). The van der Waals surface area contributed by atoms with Gasteiger partial charge in [-0.15, -0.1) is 0 Å². The van der Waals surface area contributed by atoms with Crippen LogP contribution in [0.4, 0.5) is 4.39 Å². The average molecular weight is 369 g/mol. The van der Waals surface area contributed by atoms with Gasteiger partial charge in [-0.1, -0.05) is 42.5 Å². The molecule has 5 nitrogen and oxygen atoms in total. The molecule has 1 saturated heterocycles. The molecule has 0 bridgehead atoms. The molecule has 2 aromatic carbocycles. The van der Waals surface area contributed by atoms with Crippen LogP contribution >= 0.6 is 0 Å². The van der Waals surface area contributed by atoms with E-state index in [1.54, 1.807) is 17.0 Å². The lowest BCUT2D eigenvalue weighted by Gasteiger charge is -2.34. The third-order valence-electron chi connectivity index (χ3n) is 4.59. The van der Waals surface area contributed by atoms with Crippen LogP contribution in [0.1, 0.15) is 11.1 Å².